The lowest BCUT2D eigenvalue weighted by atomic mass is 10.1. The van der Waals surface area contributed by atoms with Crippen LogP contribution in [0.4, 0.5) is 18.0 Å². The minimum absolute atomic E-state index is 0.0614. The van der Waals surface area contributed by atoms with Gasteiger partial charge in [0.15, 0.2) is 0 Å². The Hall–Kier alpha value is -3.29. The standard InChI is InChI=1S/C19H14F3NO4/c20-19(21,22)27-15-9-6-13(7-10-15)8-11-17(24)23-16(12-26-18(23)25)14-4-2-1-3-5-14/h1-11,16H,12H2. The largest absolute Gasteiger partial charge is 0.573 e. The number of rotatable bonds is 4. The molecule has 5 nitrogen and oxygen atoms in total. The first-order valence-corrected chi connectivity index (χ1v) is 7.92. The number of carbonyl (C=O) groups excluding carboxylic acids is 2. The molecule has 2 aromatic rings. The Bertz CT molecular complexity index is 848. The Morgan fingerprint density at radius 2 is 1.78 bits per heavy atom. The third-order valence-corrected chi connectivity index (χ3v) is 3.83. The highest BCUT2D eigenvalue weighted by Gasteiger charge is 2.37. The maximum absolute atomic E-state index is 12.4. The van der Waals surface area contributed by atoms with Crippen LogP contribution in [0.25, 0.3) is 6.08 Å². The number of alkyl halides is 3. The van der Waals surface area contributed by atoms with E-state index in [0.29, 0.717) is 5.56 Å². The highest BCUT2D eigenvalue weighted by atomic mass is 19.4. The van der Waals surface area contributed by atoms with Gasteiger partial charge in [-0.1, -0.05) is 42.5 Å². The summed E-state index contributed by atoms with van der Waals surface area (Å²) in [5.74, 6) is -0.944. The highest BCUT2D eigenvalue weighted by molar-refractivity contribution is 6.02. The molecule has 27 heavy (non-hydrogen) atoms. The van der Waals surface area contributed by atoms with Crippen LogP contribution in [-0.4, -0.2) is 29.9 Å². The van der Waals surface area contributed by atoms with Crippen molar-refractivity contribution in [2.24, 2.45) is 0 Å². The van der Waals surface area contributed by atoms with E-state index in [1.807, 2.05) is 6.07 Å². The number of hydrogen-bond donors (Lipinski definition) is 0. The van der Waals surface area contributed by atoms with Crippen LogP contribution in [0.2, 0.25) is 0 Å². The van der Waals surface area contributed by atoms with Gasteiger partial charge >= 0.3 is 12.5 Å². The molecule has 0 radical (unpaired) electrons. The van der Waals surface area contributed by atoms with E-state index in [9.17, 15) is 22.8 Å². The van der Waals surface area contributed by atoms with Crippen molar-refractivity contribution in [1.29, 1.82) is 0 Å². The van der Waals surface area contributed by atoms with Crippen molar-refractivity contribution >= 4 is 18.1 Å². The molecule has 1 atom stereocenters. The lowest BCUT2D eigenvalue weighted by Gasteiger charge is -2.18. The molecule has 1 saturated heterocycles. The molecule has 0 N–H and O–H groups in total. The Labute approximate surface area is 152 Å². The van der Waals surface area contributed by atoms with Crippen LogP contribution in [0.1, 0.15) is 17.2 Å². The Morgan fingerprint density at radius 1 is 1.11 bits per heavy atom. The van der Waals surface area contributed by atoms with Gasteiger partial charge in [0.1, 0.15) is 18.4 Å². The van der Waals surface area contributed by atoms with Gasteiger partial charge in [-0.25, -0.2) is 9.69 Å². The van der Waals surface area contributed by atoms with Gasteiger partial charge in [0.25, 0.3) is 5.91 Å². The van der Waals surface area contributed by atoms with Crippen molar-refractivity contribution in [3.63, 3.8) is 0 Å². The van der Waals surface area contributed by atoms with Crippen LogP contribution in [0.5, 0.6) is 5.75 Å². The predicted octanol–water partition coefficient (Wildman–Crippen LogP) is 4.32. The van der Waals surface area contributed by atoms with Crippen molar-refractivity contribution in [3.8, 4) is 5.75 Å². The van der Waals surface area contributed by atoms with E-state index in [4.69, 9.17) is 4.74 Å². The maximum atomic E-state index is 12.4. The van der Waals surface area contributed by atoms with E-state index >= 15 is 0 Å². The summed E-state index contributed by atoms with van der Waals surface area (Å²) in [7, 11) is 0. The summed E-state index contributed by atoms with van der Waals surface area (Å²) in [6.45, 7) is 0.0614. The molecular weight excluding hydrogens is 363 g/mol. The van der Waals surface area contributed by atoms with Gasteiger partial charge in [0.05, 0.1) is 0 Å². The minimum atomic E-state index is -4.77. The van der Waals surface area contributed by atoms with Crippen LogP contribution >= 0.6 is 0 Å². The number of amides is 2. The smallest absolute Gasteiger partial charge is 0.446 e. The molecule has 3 rings (SSSR count). The zero-order valence-corrected chi connectivity index (χ0v) is 13.8. The van der Waals surface area contributed by atoms with Crippen LogP contribution < -0.4 is 4.74 Å². The van der Waals surface area contributed by atoms with Crippen LogP contribution in [0, 0.1) is 0 Å². The molecule has 0 aromatic heterocycles. The summed E-state index contributed by atoms with van der Waals surface area (Å²) in [5.41, 5.74) is 1.24. The molecule has 140 valence electrons. The Morgan fingerprint density at radius 3 is 2.41 bits per heavy atom. The average molecular weight is 377 g/mol. The fourth-order valence-corrected chi connectivity index (χ4v) is 2.61. The summed E-state index contributed by atoms with van der Waals surface area (Å²) in [6, 6.07) is 13.4. The minimum Gasteiger partial charge on any atom is -0.446 e. The van der Waals surface area contributed by atoms with Gasteiger partial charge in [0.2, 0.25) is 0 Å². The quantitative estimate of drug-likeness (QED) is 0.745. The first-order chi connectivity index (χ1) is 12.8. The fraction of sp³-hybridized carbons (Fsp3) is 0.158. The molecule has 0 aliphatic carbocycles. The monoisotopic (exact) mass is 377 g/mol. The summed E-state index contributed by atoms with van der Waals surface area (Å²) in [5, 5.41) is 0. The van der Waals surface area contributed by atoms with E-state index in [1.54, 1.807) is 24.3 Å². The van der Waals surface area contributed by atoms with Gasteiger partial charge in [-0.2, -0.15) is 0 Å². The van der Waals surface area contributed by atoms with Crippen molar-refractivity contribution < 1.29 is 32.2 Å². The fourth-order valence-electron chi connectivity index (χ4n) is 2.61. The van der Waals surface area contributed by atoms with Crippen molar-refractivity contribution in [2.75, 3.05) is 6.61 Å². The third kappa shape index (κ3) is 4.66. The normalized spacial score (nSPS) is 17.2. The number of cyclic esters (lactones) is 1. The zero-order chi connectivity index (χ0) is 19.4. The molecular formula is C19H14F3NO4. The SMILES string of the molecule is O=C(C=Cc1ccc(OC(F)(F)F)cc1)N1C(=O)OCC1c1ccccc1. The predicted molar refractivity (Wildman–Crippen MR) is 89.5 cm³/mol. The van der Waals surface area contributed by atoms with Crippen LogP contribution in [-0.2, 0) is 9.53 Å². The summed E-state index contributed by atoms with van der Waals surface area (Å²) >= 11 is 0. The van der Waals surface area contributed by atoms with Crippen molar-refractivity contribution in [1.82, 2.24) is 4.90 Å². The number of benzene rings is 2. The second-order valence-electron chi connectivity index (χ2n) is 5.66. The number of halogens is 3. The topological polar surface area (TPSA) is 55.8 Å². The number of imide groups is 1. The van der Waals surface area contributed by atoms with Crippen LogP contribution in [0.3, 0.4) is 0 Å². The first-order valence-electron chi connectivity index (χ1n) is 7.92. The maximum Gasteiger partial charge on any atom is 0.573 e. The molecule has 1 heterocycles. The average Bonchev–Trinajstić information content (AvgIpc) is 3.02. The molecule has 1 fully saturated rings. The van der Waals surface area contributed by atoms with E-state index in [2.05, 4.69) is 4.74 Å². The molecule has 1 aliphatic rings. The highest BCUT2D eigenvalue weighted by Crippen LogP contribution is 2.28. The van der Waals surface area contributed by atoms with E-state index < -0.39 is 24.4 Å². The second kappa shape index (κ2) is 7.53. The molecule has 1 aliphatic heterocycles. The molecule has 2 amide bonds. The van der Waals surface area contributed by atoms with Gasteiger partial charge in [-0.05, 0) is 29.3 Å². The lowest BCUT2D eigenvalue weighted by molar-refractivity contribution is -0.274. The molecule has 1 unspecified atom stereocenters. The molecule has 2 aromatic carbocycles. The molecule has 8 heteroatoms. The molecule has 0 saturated carbocycles. The Kier molecular flexibility index (Phi) is 5.16. The van der Waals surface area contributed by atoms with E-state index in [0.717, 1.165) is 22.6 Å². The Balaban J connectivity index is 1.71. The first kappa shape index (κ1) is 18.5. The van der Waals surface area contributed by atoms with E-state index in [1.165, 1.54) is 24.3 Å². The van der Waals surface area contributed by atoms with Gasteiger partial charge in [-0.15, -0.1) is 13.2 Å². The van der Waals surface area contributed by atoms with Gasteiger partial charge < -0.3 is 9.47 Å². The number of carbonyl (C=O) groups is 2. The molecule has 0 spiro atoms. The number of nitrogens with zero attached hydrogens (tertiary/aromatic N) is 1. The van der Waals surface area contributed by atoms with Crippen LogP contribution in [0.15, 0.2) is 60.7 Å². The third-order valence-electron chi connectivity index (χ3n) is 3.83. The van der Waals surface area contributed by atoms with Gasteiger partial charge in [-0.3, -0.25) is 4.79 Å². The zero-order valence-electron chi connectivity index (χ0n) is 13.8. The van der Waals surface area contributed by atoms with Crippen molar-refractivity contribution in [2.45, 2.75) is 12.4 Å². The summed E-state index contributed by atoms with van der Waals surface area (Å²) < 4.78 is 45.2. The molecule has 0 bridgehead atoms. The number of hydrogen-bond acceptors (Lipinski definition) is 4. The van der Waals surface area contributed by atoms with Gasteiger partial charge in [0, 0.05) is 6.08 Å². The summed E-state index contributed by atoms with van der Waals surface area (Å²) in [6.07, 6.45) is -2.95. The second-order valence-corrected chi connectivity index (χ2v) is 5.66. The van der Waals surface area contributed by atoms with Crippen molar-refractivity contribution in [3.05, 3.63) is 71.8 Å². The number of ether oxygens (including phenoxy) is 2. The van der Waals surface area contributed by atoms with E-state index in [-0.39, 0.29) is 12.4 Å². The summed E-state index contributed by atoms with van der Waals surface area (Å²) in [4.78, 5) is 25.4. The lowest BCUT2D eigenvalue weighted by Crippen LogP contribution is -2.32.